The summed E-state index contributed by atoms with van der Waals surface area (Å²) in [6.07, 6.45) is 0. The van der Waals surface area contributed by atoms with Crippen LogP contribution in [-0.2, 0) is 4.79 Å². The molecule has 0 bridgehead atoms. The monoisotopic (exact) mass is 183 g/mol. The van der Waals surface area contributed by atoms with Gasteiger partial charge < -0.3 is 0 Å². The summed E-state index contributed by atoms with van der Waals surface area (Å²) in [5.41, 5.74) is 1.05. The van der Waals surface area contributed by atoms with E-state index in [2.05, 4.69) is 10.2 Å². The molecule has 1 heterocycles. The SMILES string of the molecule is N#CC1=C(c2ccccc2)C(=O)N=N1. The van der Waals surface area contributed by atoms with Gasteiger partial charge in [-0.1, -0.05) is 30.3 Å². The third-order valence-electron chi connectivity index (χ3n) is 1.86. The predicted octanol–water partition coefficient (Wildman–Crippen LogP) is 1.91. The van der Waals surface area contributed by atoms with Crippen LogP contribution < -0.4 is 0 Å². The van der Waals surface area contributed by atoms with Gasteiger partial charge in [0.05, 0.1) is 5.57 Å². The molecular formula is C10H5N3O. The fourth-order valence-electron chi connectivity index (χ4n) is 1.24. The summed E-state index contributed by atoms with van der Waals surface area (Å²) in [6, 6.07) is 10.8. The highest BCUT2D eigenvalue weighted by molar-refractivity contribution is 6.22. The van der Waals surface area contributed by atoms with Crippen LogP contribution in [0.15, 0.2) is 46.3 Å². The number of hydrogen-bond donors (Lipinski definition) is 0. The van der Waals surface area contributed by atoms with Crippen molar-refractivity contribution in [1.82, 2.24) is 0 Å². The average molecular weight is 183 g/mol. The standard InChI is InChI=1S/C10H5N3O/c11-6-8-9(10(14)13-12-8)7-4-2-1-3-5-7/h1-5H. The van der Waals surface area contributed by atoms with Gasteiger partial charge in [0.2, 0.25) is 0 Å². The smallest absolute Gasteiger partial charge is 0.265 e. The third-order valence-corrected chi connectivity index (χ3v) is 1.86. The second-order valence-corrected chi connectivity index (χ2v) is 2.71. The van der Waals surface area contributed by atoms with Crippen LogP contribution in [0.5, 0.6) is 0 Å². The lowest BCUT2D eigenvalue weighted by molar-refractivity contribution is -0.112. The van der Waals surface area contributed by atoms with Crippen LogP contribution in [-0.4, -0.2) is 5.91 Å². The van der Waals surface area contributed by atoms with Gasteiger partial charge in [-0.25, -0.2) is 0 Å². The highest BCUT2D eigenvalue weighted by Gasteiger charge is 2.22. The van der Waals surface area contributed by atoms with Crippen molar-refractivity contribution in [3.63, 3.8) is 0 Å². The van der Waals surface area contributed by atoms with Crippen molar-refractivity contribution in [3.05, 3.63) is 41.6 Å². The lowest BCUT2D eigenvalue weighted by atomic mass is 10.0. The fraction of sp³-hybridized carbons (Fsp3) is 0. The quantitative estimate of drug-likeness (QED) is 0.667. The van der Waals surface area contributed by atoms with Gasteiger partial charge in [-0.05, 0) is 5.56 Å². The molecule has 1 aliphatic heterocycles. The molecule has 0 aliphatic carbocycles. The van der Waals surface area contributed by atoms with Crippen molar-refractivity contribution in [2.45, 2.75) is 0 Å². The molecule has 0 spiro atoms. The molecule has 0 saturated carbocycles. The summed E-state index contributed by atoms with van der Waals surface area (Å²) in [5, 5.41) is 15.5. The second kappa shape index (κ2) is 3.23. The number of benzene rings is 1. The van der Waals surface area contributed by atoms with E-state index in [1.165, 1.54) is 0 Å². The first-order chi connectivity index (χ1) is 6.83. The Morgan fingerprint density at radius 3 is 2.50 bits per heavy atom. The first-order valence-electron chi connectivity index (χ1n) is 3.99. The highest BCUT2D eigenvalue weighted by atomic mass is 16.2. The molecular weight excluding hydrogens is 178 g/mol. The largest absolute Gasteiger partial charge is 0.299 e. The van der Waals surface area contributed by atoms with Crippen LogP contribution in [0.3, 0.4) is 0 Å². The maximum Gasteiger partial charge on any atom is 0.299 e. The Labute approximate surface area is 80.2 Å². The van der Waals surface area contributed by atoms with Crippen molar-refractivity contribution in [3.8, 4) is 6.07 Å². The highest BCUT2D eigenvalue weighted by Crippen LogP contribution is 2.25. The summed E-state index contributed by atoms with van der Waals surface area (Å²) < 4.78 is 0. The van der Waals surface area contributed by atoms with E-state index < -0.39 is 5.91 Å². The minimum atomic E-state index is -0.451. The van der Waals surface area contributed by atoms with Gasteiger partial charge in [0.1, 0.15) is 6.07 Å². The number of azo groups is 1. The zero-order valence-corrected chi connectivity index (χ0v) is 7.14. The summed E-state index contributed by atoms with van der Waals surface area (Å²) in [4.78, 5) is 11.3. The molecule has 0 saturated heterocycles. The van der Waals surface area contributed by atoms with Crippen LogP contribution in [0.2, 0.25) is 0 Å². The molecule has 66 valence electrons. The molecule has 1 aromatic rings. The Morgan fingerprint density at radius 2 is 1.86 bits per heavy atom. The van der Waals surface area contributed by atoms with Crippen molar-refractivity contribution in [2.24, 2.45) is 10.2 Å². The molecule has 14 heavy (non-hydrogen) atoms. The minimum Gasteiger partial charge on any atom is -0.265 e. The minimum absolute atomic E-state index is 0.0844. The molecule has 0 N–H and O–H groups in total. The van der Waals surface area contributed by atoms with E-state index >= 15 is 0 Å². The second-order valence-electron chi connectivity index (χ2n) is 2.71. The molecule has 1 aromatic carbocycles. The maximum absolute atomic E-state index is 11.3. The summed E-state index contributed by atoms with van der Waals surface area (Å²) >= 11 is 0. The van der Waals surface area contributed by atoms with Crippen molar-refractivity contribution >= 4 is 11.5 Å². The Balaban J connectivity index is 2.56. The van der Waals surface area contributed by atoms with E-state index in [1.807, 2.05) is 12.1 Å². The molecule has 0 atom stereocenters. The van der Waals surface area contributed by atoms with Gasteiger partial charge in [0, 0.05) is 0 Å². The Kier molecular flexibility index (Phi) is 1.92. The van der Waals surface area contributed by atoms with Gasteiger partial charge in [-0.3, -0.25) is 4.79 Å². The predicted molar refractivity (Wildman–Crippen MR) is 48.8 cm³/mol. The van der Waals surface area contributed by atoms with Gasteiger partial charge in [0.15, 0.2) is 5.70 Å². The van der Waals surface area contributed by atoms with Crippen LogP contribution in [0.1, 0.15) is 5.56 Å². The molecule has 1 aliphatic rings. The topological polar surface area (TPSA) is 65.6 Å². The number of amides is 1. The lowest BCUT2D eigenvalue weighted by Gasteiger charge is -1.97. The van der Waals surface area contributed by atoms with Gasteiger partial charge in [-0.15, -0.1) is 10.2 Å². The number of nitrogens with zero attached hydrogens (tertiary/aromatic N) is 3. The zero-order chi connectivity index (χ0) is 9.97. The Morgan fingerprint density at radius 1 is 1.14 bits per heavy atom. The summed E-state index contributed by atoms with van der Waals surface area (Å²) in [7, 11) is 0. The number of carbonyl (C=O) groups is 1. The molecule has 2 rings (SSSR count). The van der Waals surface area contributed by atoms with E-state index in [4.69, 9.17) is 5.26 Å². The van der Waals surface area contributed by atoms with E-state index in [0.717, 1.165) is 0 Å². The fourth-order valence-corrected chi connectivity index (χ4v) is 1.24. The van der Waals surface area contributed by atoms with Gasteiger partial charge >= 0.3 is 0 Å². The average Bonchev–Trinajstić information content (AvgIpc) is 2.61. The van der Waals surface area contributed by atoms with E-state index in [0.29, 0.717) is 5.56 Å². The number of rotatable bonds is 1. The van der Waals surface area contributed by atoms with Crippen molar-refractivity contribution in [2.75, 3.05) is 0 Å². The first-order valence-corrected chi connectivity index (χ1v) is 3.99. The van der Waals surface area contributed by atoms with E-state index in [-0.39, 0.29) is 11.3 Å². The van der Waals surface area contributed by atoms with Crippen molar-refractivity contribution < 1.29 is 4.79 Å². The van der Waals surface area contributed by atoms with Gasteiger partial charge in [0.25, 0.3) is 5.91 Å². The number of nitriles is 1. The number of carbonyl (C=O) groups excluding carboxylic acids is 1. The first kappa shape index (κ1) is 8.32. The number of allylic oxidation sites excluding steroid dienone is 1. The van der Waals surface area contributed by atoms with Gasteiger partial charge in [-0.2, -0.15) is 5.26 Å². The van der Waals surface area contributed by atoms with Crippen molar-refractivity contribution in [1.29, 1.82) is 5.26 Å². The summed E-state index contributed by atoms with van der Waals surface area (Å²) in [5.74, 6) is -0.451. The molecule has 0 aromatic heterocycles. The molecule has 4 nitrogen and oxygen atoms in total. The number of hydrogen-bond acceptors (Lipinski definition) is 3. The lowest BCUT2D eigenvalue weighted by Crippen LogP contribution is -1.94. The Bertz CT molecular complexity index is 480. The zero-order valence-electron chi connectivity index (χ0n) is 7.14. The van der Waals surface area contributed by atoms with E-state index in [1.54, 1.807) is 24.3 Å². The van der Waals surface area contributed by atoms with Crippen LogP contribution >= 0.6 is 0 Å². The Hall–Kier alpha value is -2.28. The molecule has 0 unspecified atom stereocenters. The van der Waals surface area contributed by atoms with E-state index in [9.17, 15) is 4.79 Å². The molecule has 0 fully saturated rings. The van der Waals surface area contributed by atoms with Crippen LogP contribution in [0.4, 0.5) is 0 Å². The van der Waals surface area contributed by atoms with Crippen LogP contribution in [0.25, 0.3) is 5.57 Å². The molecule has 1 amide bonds. The normalized spacial score (nSPS) is 14.6. The maximum atomic E-state index is 11.3. The summed E-state index contributed by atoms with van der Waals surface area (Å²) in [6.45, 7) is 0. The molecule has 0 radical (unpaired) electrons. The van der Waals surface area contributed by atoms with Crippen LogP contribution in [0, 0.1) is 11.3 Å². The third kappa shape index (κ3) is 1.21. The molecule has 4 heteroatoms.